The zero-order valence-electron chi connectivity index (χ0n) is 17.3. The molecular weight excluding hydrogens is 436 g/mol. The van der Waals surface area contributed by atoms with Crippen LogP contribution in [0.25, 0.3) is 0 Å². The SMILES string of the molecule is O=S1(=O)CC2(CCN(CCOc3cnc(C4CCC(C(F)(F)F)CC4)c(F)c3)CC2)C1. The van der Waals surface area contributed by atoms with Gasteiger partial charge in [0.25, 0.3) is 0 Å². The van der Waals surface area contributed by atoms with Crippen molar-refractivity contribution in [2.75, 3.05) is 37.7 Å². The molecular formula is C21H28F4N2O3S. The number of alkyl halides is 3. The number of nitrogens with zero attached hydrogens (tertiary/aromatic N) is 2. The molecule has 0 bridgehead atoms. The lowest BCUT2D eigenvalue weighted by molar-refractivity contribution is -0.182. The summed E-state index contributed by atoms with van der Waals surface area (Å²) in [6.07, 6.45) is -0.412. The van der Waals surface area contributed by atoms with Gasteiger partial charge in [0.2, 0.25) is 0 Å². The largest absolute Gasteiger partial charge is 0.491 e. The number of aromatic nitrogens is 1. The summed E-state index contributed by atoms with van der Waals surface area (Å²) in [6.45, 7) is 2.67. The summed E-state index contributed by atoms with van der Waals surface area (Å²) in [6, 6.07) is 1.27. The molecule has 0 atom stereocenters. The number of piperidine rings is 1. The molecule has 2 saturated heterocycles. The summed E-state index contributed by atoms with van der Waals surface area (Å²) in [4.78, 5) is 6.37. The molecule has 3 fully saturated rings. The number of rotatable bonds is 5. The average Bonchev–Trinajstić information content (AvgIpc) is 2.68. The Labute approximate surface area is 180 Å². The minimum Gasteiger partial charge on any atom is -0.491 e. The highest BCUT2D eigenvalue weighted by Crippen LogP contribution is 2.43. The molecule has 3 heterocycles. The number of pyridine rings is 1. The molecule has 31 heavy (non-hydrogen) atoms. The molecule has 0 radical (unpaired) electrons. The quantitative estimate of drug-likeness (QED) is 0.618. The monoisotopic (exact) mass is 464 g/mol. The Hall–Kier alpha value is -1.42. The van der Waals surface area contributed by atoms with Crippen LogP contribution in [0.15, 0.2) is 12.3 Å². The maximum Gasteiger partial charge on any atom is 0.391 e. The molecule has 0 N–H and O–H groups in total. The van der Waals surface area contributed by atoms with Crippen LogP contribution >= 0.6 is 0 Å². The molecule has 0 unspecified atom stereocenters. The van der Waals surface area contributed by atoms with Gasteiger partial charge in [-0.15, -0.1) is 0 Å². The average molecular weight is 465 g/mol. The maximum absolute atomic E-state index is 14.5. The van der Waals surface area contributed by atoms with E-state index in [9.17, 15) is 26.0 Å². The normalized spacial score (nSPS) is 28.3. The van der Waals surface area contributed by atoms with Crippen molar-refractivity contribution in [2.45, 2.75) is 50.6 Å². The predicted molar refractivity (Wildman–Crippen MR) is 107 cm³/mol. The topological polar surface area (TPSA) is 59.5 Å². The van der Waals surface area contributed by atoms with Crippen molar-refractivity contribution in [3.8, 4) is 5.75 Å². The number of sulfone groups is 1. The molecule has 174 valence electrons. The van der Waals surface area contributed by atoms with E-state index >= 15 is 0 Å². The van der Waals surface area contributed by atoms with Gasteiger partial charge in [0.15, 0.2) is 9.84 Å². The lowest BCUT2D eigenvalue weighted by Crippen LogP contribution is -2.54. The van der Waals surface area contributed by atoms with Gasteiger partial charge in [0.05, 0.1) is 29.3 Å². The van der Waals surface area contributed by atoms with E-state index in [4.69, 9.17) is 4.74 Å². The molecule has 1 aliphatic carbocycles. The number of likely N-dealkylation sites (tertiary alicyclic amines) is 1. The summed E-state index contributed by atoms with van der Waals surface area (Å²) in [5.41, 5.74) is 0.197. The van der Waals surface area contributed by atoms with Gasteiger partial charge >= 0.3 is 6.18 Å². The first kappa shape index (κ1) is 22.8. The van der Waals surface area contributed by atoms with Gasteiger partial charge in [-0.05, 0) is 51.6 Å². The highest BCUT2D eigenvalue weighted by Gasteiger charge is 2.49. The van der Waals surface area contributed by atoms with E-state index in [2.05, 4.69) is 9.88 Å². The van der Waals surface area contributed by atoms with Gasteiger partial charge < -0.3 is 4.74 Å². The third-order valence-corrected chi connectivity index (χ3v) is 9.17. The maximum atomic E-state index is 14.5. The van der Waals surface area contributed by atoms with Crippen molar-refractivity contribution >= 4 is 9.84 Å². The highest BCUT2D eigenvalue weighted by molar-refractivity contribution is 7.92. The Kier molecular flexibility index (Phi) is 6.24. The molecule has 0 aromatic carbocycles. The van der Waals surface area contributed by atoms with Crippen LogP contribution in [0, 0.1) is 17.2 Å². The third-order valence-electron chi connectivity index (χ3n) is 7.07. The molecule has 1 aromatic heterocycles. The second kappa shape index (κ2) is 8.50. The number of halogens is 4. The Morgan fingerprint density at radius 3 is 2.32 bits per heavy atom. The van der Waals surface area contributed by atoms with Gasteiger partial charge in [-0.1, -0.05) is 0 Å². The first-order chi connectivity index (χ1) is 14.6. The fourth-order valence-corrected chi connectivity index (χ4v) is 7.59. The molecule has 5 nitrogen and oxygen atoms in total. The minimum absolute atomic E-state index is 0.0105. The van der Waals surface area contributed by atoms with Crippen LogP contribution < -0.4 is 4.74 Å². The summed E-state index contributed by atoms with van der Waals surface area (Å²) < 4.78 is 81.5. The number of ether oxygens (including phenoxy) is 1. The Morgan fingerprint density at radius 1 is 1.13 bits per heavy atom. The summed E-state index contributed by atoms with van der Waals surface area (Å²) in [5.74, 6) is -1.20. The van der Waals surface area contributed by atoms with Crippen molar-refractivity contribution in [1.29, 1.82) is 0 Å². The molecule has 0 amide bonds. The lowest BCUT2D eigenvalue weighted by Gasteiger charge is -2.47. The molecule has 3 aliphatic rings. The van der Waals surface area contributed by atoms with Crippen LogP contribution in [0.2, 0.25) is 0 Å². The van der Waals surface area contributed by atoms with Crippen LogP contribution in [0.4, 0.5) is 17.6 Å². The number of hydrogen-bond donors (Lipinski definition) is 0. The van der Waals surface area contributed by atoms with Gasteiger partial charge in [0.1, 0.15) is 18.2 Å². The Bertz CT molecular complexity index is 876. The second-order valence-corrected chi connectivity index (χ2v) is 11.4. The van der Waals surface area contributed by atoms with Crippen LogP contribution in [0.3, 0.4) is 0 Å². The van der Waals surface area contributed by atoms with Crippen LogP contribution in [-0.4, -0.2) is 62.2 Å². The highest BCUT2D eigenvalue weighted by atomic mass is 32.2. The van der Waals surface area contributed by atoms with Gasteiger partial charge in [0, 0.05) is 23.9 Å². The van der Waals surface area contributed by atoms with Gasteiger partial charge in [-0.2, -0.15) is 13.2 Å². The first-order valence-electron chi connectivity index (χ1n) is 10.8. The fourth-order valence-electron chi connectivity index (χ4n) is 5.23. The predicted octanol–water partition coefficient (Wildman–Crippen LogP) is 3.95. The zero-order valence-corrected chi connectivity index (χ0v) is 18.2. The third kappa shape index (κ3) is 5.32. The Morgan fingerprint density at radius 2 is 1.77 bits per heavy atom. The van der Waals surface area contributed by atoms with Gasteiger partial charge in [-0.3, -0.25) is 9.88 Å². The van der Waals surface area contributed by atoms with Gasteiger partial charge in [-0.25, -0.2) is 12.8 Å². The van der Waals surface area contributed by atoms with Crippen molar-refractivity contribution in [1.82, 2.24) is 9.88 Å². The molecule has 4 rings (SSSR count). The molecule has 1 saturated carbocycles. The van der Waals surface area contributed by atoms with E-state index in [1.807, 2.05) is 0 Å². The fraction of sp³-hybridized carbons (Fsp3) is 0.762. The summed E-state index contributed by atoms with van der Waals surface area (Å²) in [5, 5.41) is 0. The van der Waals surface area contributed by atoms with Crippen molar-refractivity contribution in [3.63, 3.8) is 0 Å². The summed E-state index contributed by atoms with van der Waals surface area (Å²) in [7, 11) is -2.82. The molecule has 2 aliphatic heterocycles. The van der Waals surface area contributed by atoms with E-state index in [1.165, 1.54) is 12.3 Å². The van der Waals surface area contributed by atoms with E-state index in [1.54, 1.807) is 0 Å². The molecule has 1 aromatic rings. The van der Waals surface area contributed by atoms with Crippen LogP contribution in [0.5, 0.6) is 5.75 Å². The minimum atomic E-state index is -4.18. The summed E-state index contributed by atoms with van der Waals surface area (Å²) >= 11 is 0. The molecule has 10 heteroatoms. The van der Waals surface area contributed by atoms with Crippen molar-refractivity contribution < 1.29 is 30.7 Å². The van der Waals surface area contributed by atoms with E-state index < -0.39 is 27.7 Å². The zero-order chi connectivity index (χ0) is 22.3. The van der Waals surface area contributed by atoms with E-state index in [0.29, 0.717) is 30.4 Å². The number of hydrogen-bond acceptors (Lipinski definition) is 5. The van der Waals surface area contributed by atoms with E-state index in [-0.39, 0.29) is 42.7 Å². The van der Waals surface area contributed by atoms with Crippen molar-refractivity contribution in [2.24, 2.45) is 11.3 Å². The first-order valence-corrected chi connectivity index (χ1v) is 12.7. The standard InChI is InChI=1S/C21H28F4N2O3S/c22-18-11-17(12-26-19(18)15-1-3-16(4-2-15)21(23,24)25)30-10-9-27-7-5-20(6-8-27)13-31(28,29)14-20/h11-12,15-16H,1-10,13-14H2. The smallest absolute Gasteiger partial charge is 0.391 e. The van der Waals surface area contributed by atoms with Crippen molar-refractivity contribution in [3.05, 3.63) is 23.8 Å². The van der Waals surface area contributed by atoms with E-state index in [0.717, 1.165) is 25.9 Å². The lowest BCUT2D eigenvalue weighted by atomic mass is 9.80. The molecule has 1 spiro atoms. The second-order valence-electron chi connectivity index (χ2n) is 9.35. The van der Waals surface area contributed by atoms with Crippen LogP contribution in [0.1, 0.15) is 50.1 Å². The Balaban J connectivity index is 1.22. The van der Waals surface area contributed by atoms with Crippen LogP contribution in [-0.2, 0) is 9.84 Å².